The summed E-state index contributed by atoms with van der Waals surface area (Å²) < 4.78 is 0. The number of azo groups is 1. The highest BCUT2D eigenvalue weighted by molar-refractivity contribution is 7.99. The largest absolute Gasteiger partial charge is 0.149 e. The van der Waals surface area contributed by atoms with Crippen molar-refractivity contribution in [2.24, 2.45) is 10.2 Å². The molecule has 4 rings (SSSR count). The van der Waals surface area contributed by atoms with Crippen LogP contribution in [0.4, 0.5) is 11.4 Å². The molecule has 4 aromatic carbocycles. The van der Waals surface area contributed by atoms with E-state index < -0.39 is 0 Å². The highest BCUT2D eigenvalue weighted by Crippen LogP contribution is 2.38. The molecule has 0 N–H and O–H groups in total. The summed E-state index contributed by atoms with van der Waals surface area (Å²) in [5.41, 5.74) is 4.27. The number of benzene rings is 4. The molecular formula is C26H22N2S2. The van der Waals surface area contributed by atoms with E-state index in [9.17, 15) is 0 Å². The maximum Gasteiger partial charge on any atom is 0.0996 e. The van der Waals surface area contributed by atoms with Gasteiger partial charge >= 0.3 is 0 Å². The van der Waals surface area contributed by atoms with Crippen LogP contribution in [0.5, 0.6) is 0 Å². The number of hydrogen-bond donors (Lipinski definition) is 0. The Morgan fingerprint density at radius 2 is 0.833 bits per heavy atom. The quantitative estimate of drug-likeness (QED) is 0.287. The fraction of sp³-hybridized carbons (Fsp3) is 0.0769. The van der Waals surface area contributed by atoms with Crippen molar-refractivity contribution in [1.29, 1.82) is 0 Å². The normalized spacial score (nSPS) is 11.1. The fourth-order valence-electron chi connectivity index (χ4n) is 2.83. The standard InChI is InChI=1S/C26H22N2S2/c1-19-11-15-21(16-12-19)29-25-9-5-3-7-23(25)27-28-24-8-4-6-10-26(24)30-22-17-13-20(2)14-18-22/h3-18H,1-2H3. The van der Waals surface area contributed by atoms with E-state index in [1.54, 1.807) is 23.5 Å². The molecule has 2 nitrogen and oxygen atoms in total. The first-order valence-electron chi connectivity index (χ1n) is 9.76. The van der Waals surface area contributed by atoms with Crippen molar-refractivity contribution >= 4 is 34.9 Å². The molecule has 0 saturated carbocycles. The van der Waals surface area contributed by atoms with Gasteiger partial charge < -0.3 is 0 Å². The molecule has 0 heterocycles. The summed E-state index contributed by atoms with van der Waals surface area (Å²) in [6.07, 6.45) is 0. The first kappa shape index (κ1) is 20.5. The van der Waals surface area contributed by atoms with Crippen LogP contribution in [0, 0.1) is 13.8 Å². The molecule has 0 aromatic heterocycles. The third-order valence-corrected chi connectivity index (χ3v) is 6.64. The lowest BCUT2D eigenvalue weighted by molar-refractivity contribution is 1.16. The molecule has 0 aliphatic heterocycles. The molecular weight excluding hydrogens is 404 g/mol. The van der Waals surface area contributed by atoms with Gasteiger partial charge in [-0.3, -0.25) is 0 Å². The van der Waals surface area contributed by atoms with Gasteiger partial charge in [-0.1, -0.05) is 83.2 Å². The van der Waals surface area contributed by atoms with E-state index in [4.69, 9.17) is 0 Å². The van der Waals surface area contributed by atoms with Gasteiger partial charge in [-0.15, -0.1) is 10.2 Å². The molecule has 0 amide bonds. The summed E-state index contributed by atoms with van der Waals surface area (Å²) in [4.78, 5) is 4.57. The van der Waals surface area contributed by atoms with Crippen LogP contribution in [0.25, 0.3) is 0 Å². The average molecular weight is 427 g/mol. The predicted octanol–water partition coefficient (Wildman–Crippen LogP) is 9.02. The van der Waals surface area contributed by atoms with E-state index in [-0.39, 0.29) is 0 Å². The molecule has 30 heavy (non-hydrogen) atoms. The van der Waals surface area contributed by atoms with Crippen LogP contribution in [0.3, 0.4) is 0 Å². The second kappa shape index (κ2) is 9.79. The number of rotatable bonds is 6. The lowest BCUT2D eigenvalue weighted by Crippen LogP contribution is -1.78. The molecule has 0 fully saturated rings. The van der Waals surface area contributed by atoms with Crippen LogP contribution in [0.1, 0.15) is 11.1 Å². The molecule has 4 aromatic rings. The van der Waals surface area contributed by atoms with Gasteiger partial charge in [-0.2, -0.15) is 0 Å². The molecule has 0 saturated heterocycles. The molecule has 0 atom stereocenters. The minimum absolute atomic E-state index is 0.873. The van der Waals surface area contributed by atoms with Crippen LogP contribution >= 0.6 is 23.5 Å². The Morgan fingerprint density at radius 1 is 0.467 bits per heavy atom. The minimum atomic E-state index is 0.873. The molecule has 0 aliphatic rings. The first-order valence-corrected chi connectivity index (χ1v) is 11.4. The molecule has 0 spiro atoms. The Kier molecular flexibility index (Phi) is 6.67. The summed E-state index contributed by atoms with van der Waals surface area (Å²) in [6, 6.07) is 33.4. The maximum absolute atomic E-state index is 4.60. The Labute approximate surface area is 186 Å². The summed E-state index contributed by atoms with van der Waals surface area (Å²) >= 11 is 3.41. The van der Waals surface area contributed by atoms with Gasteiger partial charge in [0.25, 0.3) is 0 Å². The van der Waals surface area contributed by atoms with E-state index in [2.05, 4.69) is 84.7 Å². The fourth-order valence-corrected chi connectivity index (χ4v) is 4.60. The van der Waals surface area contributed by atoms with Gasteiger partial charge in [-0.25, -0.2) is 0 Å². The van der Waals surface area contributed by atoms with Crippen molar-refractivity contribution < 1.29 is 0 Å². The van der Waals surface area contributed by atoms with E-state index in [0.717, 1.165) is 21.2 Å². The second-order valence-electron chi connectivity index (χ2n) is 6.97. The summed E-state index contributed by atoms with van der Waals surface area (Å²) in [6.45, 7) is 4.20. The Morgan fingerprint density at radius 3 is 1.23 bits per heavy atom. The van der Waals surface area contributed by atoms with Crippen LogP contribution in [0.15, 0.2) is 127 Å². The van der Waals surface area contributed by atoms with Crippen LogP contribution in [-0.2, 0) is 0 Å². The van der Waals surface area contributed by atoms with Gasteiger partial charge in [0.1, 0.15) is 0 Å². The van der Waals surface area contributed by atoms with Crippen molar-refractivity contribution in [3.63, 3.8) is 0 Å². The smallest absolute Gasteiger partial charge is 0.0996 e. The van der Waals surface area contributed by atoms with Crippen molar-refractivity contribution in [3.8, 4) is 0 Å². The highest BCUT2D eigenvalue weighted by Gasteiger charge is 2.06. The monoisotopic (exact) mass is 426 g/mol. The molecule has 0 unspecified atom stereocenters. The molecule has 148 valence electrons. The lowest BCUT2D eigenvalue weighted by atomic mass is 10.2. The third kappa shape index (κ3) is 5.41. The van der Waals surface area contributed by atoms with Crippen molar-refractivity contribution in [2.45, 2.75) is 33.4 Å². The van der Waals surface area contributed by atoms with E-state index >= 15 is 0 Å². The van der Waals surface area contributed by atoms with E-state index in [0.29, 0.717) is 0 Å². The zero-order chi connectivity index (χ0) is 20.8. The molecule has 0 bridgehead atoms. The van der Waals surface area contributed by atoms with Crippen LogP contribution < -0.4 is 0 Å². The molecule has 0 aliphatic carbocycles. The summed E-state index contributed by atoms with van der Waals surface area (Å²) in [5.74, 6) is 0. The van der Waals surface area contributed by atoms with Crippen LogP contribution in [0.2, 0.25) is 0 Å². The molecule has 0 radical (unpaired) electrons. The Bertz CT molecular complexity index is 1060. The zero-order valence-corrected chi connectivity index (χ0v) is 18.6. The van der Waals surface area contributed by atoms with Crippen LogP contribution in [-0.4, -0.2) is 0 Å². The Balaban J connectivity index is 1.57. The van der Waals surface area contributed by atoms with Gasteiger partial charge in [-0.05, 0) is 62.4 Å². The highest BCUT2D eigenvalue weighted by atomic mass is 32.2. The number of hydrogen-bond acceptors (Lipinski definition) is 4. The van der Waals surface area contributed by atoms with Gasteiger partial charge in [0.2, 0.25) is 0 Å². The number of nitrogens with zero attached hydrogens (tertiary/aromatic N) is 2. The summed E-state index contributed by atoms with van der Waals surface area (Å²) in [5, 5.41) is 9.19. The molecule has 4 heteroatoms. The van der Waals surface area contributed by atoms with Gasteiger partial charge in [0, 0.05) is 19.6 Å². The second-order valence-corrected chi connectivity index (χ2v) is 9.20. The van der Waals surface area contributed by atoms with Gasteiger partial charge in [0.15, 0.2) is 0 Å². The van der Waals surface area contributed by atoms with Crippen molar-refractivity contribution in [2.75, 3.05) is 0 Å². The van der Waals surface area contributed by atoms with Crippen molar-refractivity contribution in [3.05, 3.63) is 108 Å². The van der Waals surface area contributed by atoms with E-state index in [1.807, 2.05) is 36.4 Å². The van der Waals surface area contributed by atoms with E-state index in [1.165, 1.54) is 20.9 Å². The average Bonchev–Trinajstić information content (AvgIpc) is 2.77. The van der Waals surface area contributed by atoms with Crippen molar-refractivity contribution in [1.82, 2.24) is 0 Å². The minimum Gasteiger partial charge on any atom is -0.149 e. The topological polar surface area (TPSA) is 24.7 Å². The third-order valence-electron chi connectivity index (χ3n) is 4.49. The first-order chi connectivity index (χ1) is 14.7. The Hall–Kier alpha value is -2.82. The zero-order valence-electron chi connectivity index (χ0n) is 16.9. The maximum atomic E-state index is 4.60. The summed E-state index contributed by atoms with van der Waals surface area (Å²) in [7, 11) is 0. The predicted molar refractivity (Wildman–Crippen MR) is 128 cm³/mol. The van der Waals surface area contributed by atoms with Gasteiger partial charge in [0.05, 0.1) is 11.4 Å². The number of aryl methyl sites for hydroxylation is 2. The SMILES string of the molecule is Cc1ccc(Sc2ccccc2N=Nc2ccccc2Sc2ccc(C)cc2)cc1. The lowest BCUT2D eigenvalue weighted by Gasteiger charge is -2.07.